The summed E-state index contributed by atoms with van der Waals surface area (Å²) in [7, 11) is 0. The first-order valence-corrected chi connectivity index (χ1v) is 18.5. The molecule has 0 aliphatic rings. The summed E-state index contributed by atoms with van der Waals surface area (Å²) in [4.78, 5) is 36.1. The summed E-state index contributed by atoms with van der Waals surface area (Å²) in [6.07, 6.45) is 32.6. The maximum atomic E-state index is 12.6. The van der Waals surface area contributed by atoms with Crippen molar-refractivity contribution in [3.05, 3.63) is 12.2 Å². The Morgan fingerprint density at radius 2 is 1.16 bits per heavy atom. The zero-order valence-corrected chi connectivity index (χ0v) is 28.8. The topological polar surface area (TPSA) is 119 Å². The molecule has 0 heterocycles. The van der Waals surface area contributed by atoms with Gasteiger partial charge in [0.1, 0.15) is 12.1 Å². The molecule has 258 valence electrons. The molecular formula is C37H70N2O5. The van der Waals surface area contributed by atoms with Crippen molar-refractivity contribution in [1.82, 2.24) is 5.32 Å². The van der Waals surface area contributed by atoms with Gasteiger partial charge in [0.05, 0.1) is 0 Å². The Hall–Kier alpha value is -1.89. The maximum Gasteiger partial charge on any atom is 0.326 e. The quantitative estimate of drug-likeness (QED) is 0.0381. The van der Waals surface area contributed by atoms with E-state index in [2.05, 4.69) is 31.3 Å². The molecule has 0 saturated heterocycles. The first-order valence-electron chi connectivity index (χ1n) is 18.5. The molecule has 0 aliphatic heterocycles. The van der Waals surface area contributed by atoms with Gasteiger partial charge in [0.2, 0.25) is 5.91 Å². The fourth-order valence-electron chi connectivity index (χ4n) is 5.48. The second kappa shape index (κ2) is 32.5. The first kappa shape index (κ1) is 42.1. The van der Waals surface area contributed by atoms with Crippen LogP contribution < -0.4 is 11.1 Å². The average molecular weight is 623 g/mol. The summed E-state index contributed by atoms with van der Waals surface area (Å²) < 4.78 is 5.88. The van der Waals surface area contributed by atoms with Crippen molar-refractivity contribution < 1.29 is 24.2 Å². The highest BCUT2D eigenvalue weighted by molar-refractivity contribution is 5.83. The molecule has 7 heteroatoms. The van der Waals surface area contributed by atoms with E-state index in [0.29, 0.717) is 38.6 Å². The SMILES string of the molecule is CCCCCCC/C=C\C(CCCCCCC(=O)NC(CCCN)C(=O)O)OC(=O)CCCCCCCCCCCCCC. The summed E-state index contributed by atoms with van der Waals surface area (Å²) in [6.45, 7) is 4.89. The van der Waals surface area contributed by atoms with Crippen molar-refractivity contribution >= 4 is 17.8 Å². The predicted molar refractivity (Wildman–Crippen MR) is 184 cm³/mol. The lowest BCUT2D eigenvalue weighted by Gasteiger charge is -2.15. The lowest BCUT2D eigenvalue weighted by molar-refractivity contribution is -0.147. The van der Waals surface area contributed by atoms with Gasteiger partial charge in [-0.15, -0.1) is 0 Å². The van der Waals surface area contributed by atoms with Crippen LogP contribution in [0.25, 0.3) is 0 Å². The largest absolute Gasteiger partial charge is 0.480 e. The molecule has 0 aliphatic carbocycles. The number of nitrogens with one attached hydrogen (secondary N) is 1. The number of hydrogen-bond donors (Lipinski definition) is 3. The molecule has 0 radical (unpaired) electrons. The van der Waals surface area contributed by atoms with Gasteiger partial charge in [-0.2, -0.15) is 0 Å². The van der Waals surface area contributed by atoms with Gasteiger partial charge in [0.15, 0.2) is 0 Å². The summed E-state index contributed by atoms with van der Waals surface area (Å²) in [5.41, 5.74) is 5.46. The Bertz CT molecular complexity index is 712. The molecule has 2 unspecified atom stereocenters. The number of ether oxygens (including phenoxy) is 1. The van der Waals surface area contributed by atoms with Gasteiger partial charge in [0, 0.05) is 12.8 Å². The Balaban J connectivity index is 4.29. The summed E-state index contributed by atoms with van der Waals surface area (Å²) in [6, 6.07) is -0.866. The van der Waals surface area contributed by atoms with E-state index in [1.54, 1.807) is 0 Å². The van der Waals surface area contributed by atoms with E-state index in [-0.39, 0.29) is 18.0 Å². The molecule has 0 rings (SSSR count). The number of hydrogen-bond acceptors (Lipinski definition) is 5. The van der Waals surface area contributed by atoms with Crippen molar-refractivity contribution in [2.24, 2.45) is 5.73 Å². The number of esters is 1. The number of rotatable bonds is 33. The molecule has 0 aromatic heterocycles. The first-order chi connectivity index (χ1) is 21.4. The van der Waals surface area contributed by atoms with Crippen molar-refractivity contribution in [3.63, 3.8) is 0 Å². The molecule has 2 atom stereocenters. The van der Waals surface area contributed by atoms with Gasteiger partial charge in [-0.1, -0.05) is 129 Å². The van der Waals surface area contributed by atoms with Crippen LogP contribution in [-0.2, 0) is 19.1 Å². The van der Waals surface area contributed by atoms with Crippen LogP contribution in [-0.4, -0.2) is 41.6 Å². The zero-order chi connectivity index (χ0) is 32.5. The minimum atomic E-state index is -1.01. The molecule has 44 heavy (non-hydrogen) atoms. The van der Waals surface area contributed by atoms with Crippen molar-refractivity contribution in [1.29, 1.82) is 0 Å². The Morgan fingerprint density at radius 3 is 1.70 bits per heavy atom. The van der Waals surface area contributed by atoms with E-state index in [1.165, 1.54) is 96.3 Å². The van der Waals surface area contributed by atoms with Crippen LogP contribution in [0.4, 0.5) is 0 Å². The van der Waals surface area contributed by atoms with E-state index in [1.807, 2.05) is 0 Å². The van der Waals surface area contributed by atoms with Crippen molar-refractivity contribution in [2.45, 2.75) is 199 Å². The number of nitrogens with two attached hydrogens (primary N) is 1. The lowest BCUT2D eigenvalue weighted by Crippen LogP contribution is -2.40. The Kier molecular flexibility index (Phi) is 31.1. The van der Waals surface area contributed by atoms with E-state index in [9.17, 15) is 19.5 Å². The highest BCUT2D eigenvalue weighted by Crippen LogP contribution is 2.16. The highest BCUT2D eigenvalue weighted by atomic mass is 16.5. The van der Waals surface area contributed by atoms with E-state index >= 15 is 0 Å². The molecule has 0 bridgehead atoms. The van der Waals surface area contributed by atoms with Crippen LogP contribution in [0.1, 0.15) is 187 Å². The Labute approximate surface area is 270 Å². The van der Waals surface area contributed by atoms with Crippen LogP contribution in [0.3, 0.4) is 0 Å². The minimum Gasteiger partial charge on any atom is -0.480 e. The number of aliphatic carboxylic acids is 1. The molecule has 4 N–H and O–H groups in total. The van der Waals surface area contributed by atoms with E-state index in [0.717, 1.165) is 44.9 Å². The van der Waals surface area contributed by atoms with Gasteiger partial charge in [0.25, 0.3) is 0 Å². The number of carbonyl (C=O) groups is 3. The number of carboxylic acid groups (broad SMARTS) is 1. The van der Waals surface area contributed by atoms with E-state index < -0.39 is 12.0 Å². The monoisotopic (exact) mass is 623 g/mol. The van der Waals surface area contributed by atoms with Crippen LogP contribution in [0, 0.1) is 0 Å². The normalized spacial score (nSPS) is 12.8. The number of amides is 1. The average Bonchev–Trinajstić information content (AvgIpc) is 3.00. The number of unbranched alkanes of at least 4 members (excludes halogenated alkanes) is 19. The van der Waals surface area contributed by atoms with Crippen molar-refractivity contribution in [3.8, 4) is 0 Å². The van der Waals surface area contributed by atoms with Crippen LogP contribution >= 0.6 is 0 Å². The van der Waals surface area contributed by atoms with Crippen LogP contribution in [0.15, 0.2) is 12.2 Å². The fraction of sp³-hybridized carbons (Fsp3) is 0.865. The molecule has 1 amide bonds. The molecule has 7 nitrogen and oxygen atoms in total. The van der Waals surface area contributed by atoms with Gasteiger partial charge >= 0.3 is 11.9 Å². The van der Waals surface area contributed by atoms with Crippen molar-refractivity contribution in [2.75, 3.05) is 6.54 Å². The summed E-state index contributed by atoms with van der Waals surface area (Å²) in [5.74, 6) is -1.32. The van der Waals surface area contributed by atoms with Crippen LogP contribution in [0.5, 0.6) is 0 Å². The van der Waals surface area contributed by atoms with Gasteiger partial charge in [-0.05, 0) is 64.0 Å². The molecule has 0 saturated carbocycles. The smallest absolute Gasteiger partial charge is 0.326 e. The second-order valence-electron chi connectivity index (χ2n) is 12.6. The third-order valence-corrected chi connectivity index (χ3v) is 8.32. The Morgan fingerprint density at radius 1 is 0.659 bits per heavy atom. The maximum absolute atomic E-state index is 12.6. The number of carboxylic acids is 1. The molecular weight excluding hydrogens is 552 g/mol. The fourth-order valence-corrected chi connectivity index (χ4v) is 5.48. The standard InChI is InChI=1S/C37H70N2O5/c1-3-5-7-9-11-12-13-14-15-17-19-25-31-36(41)44-33(27-22-18-16-10-8-6-4-2)28-23-20-21-24-30-35(40)39-34(37(42)43)29-26-32-38/h22,27,33-34H,3-21,23-26,28-32,38H2,1-2H3,(H,39,40)(H,42,43)/b27-22-. The lowest BCUT2D eigenvalue weighted by atomic mass is 10.0. The summed E-state index contributed by atoms with van der Waals surface area (Å²) >= 11 is 0. The highest BCUT2D eigenvalue weighted by Gasteiger charge is 2.19. The van der Waals surface area contributed by atoms with E-state index in [4.69, 9.17) is 10.5 Å². The van der Waals surface area contributed by atoms with Gasteiger partial charge in [-0.25, -0.2) is 4.79 Å². The number of carbonyl (C=O) groups excluding carboxylic acids is 2. The predicted octanol–water partition coefficient (Wildman–Crippen LogP) is 9.55. The van der Waals surface area contributed by atoms with Gasteiger partial charge < -0.3 is 20.9 Å². The molecule has 0 spiro atoms. The molecule has 0 aromatic carbocycles. The number of allylic oxidation sites excluding steroid dienone is 1. The minimum absolute atomic E-state index is 0.0889. The zero-order valence-electron chi connectivity index (χ0n) is 28.8. The molecule has 0 fully saturated rings. The summed E-state index contributed by atoms with van der Waals surface area (Å²) in [5, 5.41) is 11.9. The third kappa shape index (κ3) is 28.9. The second-order valence-corrected chi connectivity index (χ2v) is 12.6. The van der Waals surface area contributed by atoms with Gasteiger partial charge in [-0.3, -0.25) is 9.59 Å². The third-order valence-electron chi connectivity index (χ3n) is 8.32. The van der Waals surface area contributed by atoms with Crippen LogP contribution in [0.2, 0.25) is 0 Å². The molecule has 0 aromatic rings.